The van der Waals surface area contributed by atoms with Crippen LogP contribution in [0.25, 0.3) is 0 Å². The zero-order chi connectivity index (χ0) is 20.4. The van der Waals surface area contributed by atoms with Crippen molar-refractivity contribution in [2.45, 2.75) is 30.8 Å². The number of esters is 1. The molecule has 1 saturated heterocycles. The van der Waals surface area contributed by atoms with E-state index in [0.717, 1.165) is 4.90 Å². The van der Waals surface area contributed by atoms with Crippen LogP contribution in [0.2, 0.25) is 0 Å². The number of carboxylic acid groups (broad SMARTS) is 1. The van der Waals surface area contributed by atoms with Crippen LogP contribution in [-0.2, 0) is 23.9 Å². The summed E-state index contributed by atoms with van der Waals surface area (Å²) in [5.74, 6) is -2.08. The van der Waals surface area contributed by atoms with Gasteiger partial charge in [-0.3, -0.25) is 19.3 Å². The summed E-state index contributed by atoms with van der Waals surface area (Å²) >= 11 is 1.29. The lowest BCUT2D eigenvalue weighted by atomic mass is 10.0. The summed E-state index contributed by atoms with van der Waals surface area (Å²) in [4.78, 5) is 48.5. The highest BCUT2D eigenvalue weighted by Gasteiger charge is 2.54. The minimum Gasteiger partial charge on any atom is -0.477 e. The average molecular weight is 409 g/mol. The van der Waals surface area contributed by atoms with E-state index in [1.54, 1.807) is 12.1 Å². The number of hydrogen-bond acceptors (Lipinski definition) is 8. The molecule has 4 N–H and O–H groups in total. The Kier molecular flexibility index (Phi) is 5.75. The second kappa shape index (κ2) is 8.07. The van der Waals surface area contributed by atoms with E-state index in [-0.39, 0.29) is 24.5 Å². The number of furan rings is 1. The molecule has 2 aliphatic heterocycles. The van der Waals surface area contributed by atoms with Gasteiger partial charge < -0.3 is 25.3 Å². The molecular weight excluding hydrogens is 390 g/mol. The SMILES string of the molecule is CC(=O)OCC1=C(C(=O)O)N2C(=O)C(NC(=O)CC(N)c3ccco3)[C@@H]2SC1. The van der Waals surface area contributed by atoms with Crippen molar-refractivity contribution in [3.05, 3.63) is 35.4 Å². The summed E-state index contributed by atoms with van der Waals surface area (Å²) in [5.41, 5.74) is 6.03. The fourth-order valence-electron chi connectivity index (χ4n) is 3.02. The predicted molar refractivity (Wildman–Crippen MR) is 96.6 cm³/mol. The molecule has 1 aromatic rings. The van der Waals surface area contributed by atoms with Gasteiger partial charge in [0, 0.05) is 24.7 Å². The molecule has 2 amide bonds. The second-order valence-corrected chi connectivity index (χ2v) is 7.42. The number of β-lactam (4-membered cyclic amide) rings is 1. The average Bonchev–Trinajstić information content (AvgIpc) is 3.18. The molecule has 1 fully saturated rings. The fourth-order valence-corrected chi connectivity index (χ4v) is 4.35. The summed E-state index contributed by atoms with van der Waals surface area (Å²) < 4.78 is 10.0. The first-order valence-corrected chi connectivity index (χ1v) is 9.46. The van der Waals surface area contributed by atoms with Gasteiger partial charge >= 0.3 is 11.9 Å². The number of ether oxygens (including phenoxy) is 1. The van der Waals surface area contributed by atoms with E-state index in [1.165, 1.54) is 24.9 Å². The molecule has 10 nitrogen and oxygen atoms in total. The van der Waals surface area contributed by atoms with Crippen LogP contribution in [0.1, 0.15) is 25.1 Å². The summed E-state index contributed by atoms with van der Waals surface area (Å²) in [6.45, 7) is 1.02. The van der Waals surface area contributed by atoms with Gasteiger partial charge in [0.15, 0.2) is 0 Å². The Balaban J connectivity index is 1.65. The molecule has 0 spiro atoms. The maximum absolute atomic E-state index is 12.5. The lowest BCUT2D eigenvalue weighted by molar-refractivity contribution is -0.151. The third-order valence-corrected chi connectivity index (χ3v) is 5.67. The third-order valence-electron chi connectivity index (χ3n) is 4.33. The van der Waals surface area contributed by atoms with Gasteiger partial charge in [-0.25, -0.2) is 4.79 Å². The van der Waals surface area contributed by atoms with E-state index in [2.05, 4.69) is 5.32 Å². The Morgan fingerprint density at radius 2 is 2.25 bits per heavy atom. The number of nitrogens with zero attached hydrogens (tertiary/aromatic N) is 1. The van der Waals surface area contributed by atoms with Gasteiger partial charge in [-0.15, -0.1) is 11.8 Å². The molecule has 150 valence electrons. The number of hydrogen-bond donors (Lipinski definition) is 3. The first kappa shape index (κ1) is 20.0. The Morgan fingerprint density at radius 3 is 2.86 bits per heavy atom. The molecule has 2 aliphatic rings. The van der Waals surface area contributed by atoms with Crippen molar-refractivity contribution >= 4 is 35.5 Å². The lowest BCUT2D eigenvalue weighted by Crippen LogP contribution is -2.70. The summed E-state index contributed by atoms with van der Waals surface area (Å²) in [7, 11) is 0. The van der Waals surface area contributed by atoms with E-state index >= 15 is 0 Å². The van der Waals surface area contributed by atoms with Crippen molar-refractivity contribution in [2.24, 2.45) is 5.73 Å². The molecular formula is C17H19N3O7S. The quantitative estimate of drug-likeness (QED) is 0.416. The van der Waals surface area contributed by atoms with Crippen molar-refractivity contribution in [1.29, 1.82) is 0 Å². The van der Waals surface area contributed by atoms with Crippen LogP contribution in [0, 0.1) is 0 Å². The molecule has 0 saturated carbocycles. The first-order valence-electron chi connectivity index (χ1n) is 8.41. The van der Waals surface area contributed by atoms with Crippen LogP contribution >= 0.6 is 11.8 Å². The molecule has 0 aliphatic carbocycles. The largest absolute Gasteiger partial charge is 0.477 e. The van der Waals surface area contributed by atoms with Gasteiger partial charge in [0.2, 0.25) is 5.91 Å². The number of carbonyl (C=O) groups excluding carboxylic acids is 3. The number of nitrogens with two attached hydrogens (primary N) is 1. The van der Waals surface area contributed by atoms with E-state index in [4.69, 9.17) is 14.9 Å². The molecule has 0 radical (unpaired) electrons. The number of carboxylic acids is 1. The minimum atomic E-state index is -1.29. The maximum atomic E-state index is 12.5. The number of rotatable bonds is 7. The van der Waals surface area contributed by atoms with E-state index < -0.39 is 41.2 Å². The molecule has 1 aromatic heterocycles. The van der Waals surface area contributed by atoms with E-state index in [0.29, 0.717) is 11.3 Å². The Bertz CT molecular complexity index is 836. The Hall–Kier alpha value is -2.79. The Labute approximate surface area is 164 Å². The highest BCUT2D eigenvalue weighted by Crippen LogP contribution is 2.40. The predicted octanol–water partition coefficient (Wildman–Crippen LogP) is -0.0288. The van der Waals surface area contributed by atoms with Gasteiger partial charge in [-0.05, 0) is 12.1 Å². The van der Waals surface area contributed by atoms with Crippen molar-refractivity contribution in [1.82, 2.24) is 10.2 Å². The smallest absolute Gasteiger partial charge is 0.352 e. The number of fused-ring (bicyclic) bond motifs is 1. The molecule has 3 atom stereocenters. The standard InChI is InChI=1S/C17H19N3O7S/c1-8(21)27-6-9-7-28-16-13(15(23)20(16)14(9)17(24)25)19-12(22)5-10(18)11-3-2-4-26-11/h2-4,10,13,16H,5-7,18H2,1H3,(H,19,22)(H,24,25)/t10?,13?,16-/m0/s1. The summed E-state index contributed by atoms with van der Waals surface area (Å²) in [6, 6.07) is 1.82. The van der Waals surface area contributed by atoms with Crippen molar-refractivity contribution in [3.63, 3.8) is 0 Å². The third kappa shape index (κ3) is 3.90. The van der Waals surface area contributed by atoms with E-state index in [1.807, 2.05) is 0 Å². The zero-order valence-electron chi connectivity index (χ0n) is 14.9. The number of nitrogens with one attached hydrogen (secondary N) is 1. The zero-order valence-corrected chi connectivity index (χ0v) is 15.7. The maximum Gasteiger partial charge on any atom is 0.352 e. The van der Waals surface area contributed by atoms with Crippen LogP contribution in [0.15, 0.2) is 34.1 Å². The van der Waals surface area contributed by atoms with Gasteiger partial charge in [-0.2, -0.15) is 0 Å². The van der Waals surface area contributed by atoms with Crippen LogP contribution in [0.5, 0.6) is 0 Å². The topological polar surface area (TPSA) is 152 Å². The van der Waals surface area contributed by atoms with Crippen LogP contribution < -0.4 is 11.1 Å². The summed E-state index contributed by atoms with van der Waals surface area (Å²) in [6.07, 6.45) is 1.38. The normalized spacial score (nSPS) is 22.2. The fraction of sp³-hybridized carbons (Fsp3) is 0.412. The molecule has 0 aromatic carbocycles. The highest BCUT2D eigenvalue weighted by molar-refractivity contribution is 8.00. The highest BCUT2D eigenvalue weighted by atomic mass is 32.2. The van der Waals surface area contributed by atoms with Crippen molar-refractivity contribution < 1.29 is 33.4 Å². The minimum absolute atomic E-state index is 0.0754. The number of amides is 2. The van der Waals surface area contributed by atoms with Crippen LogP contribution in [0.3, 0.4) is 0 Å². The number of thioether (sulfide) groups is 1. The van der Waals surface area contributed by atoms with Crippen molar-refractivity contribution in [3.8, 4) is 0 Å². The summed E-state index contributed by atoms with van der Waals surface area (Å²) in [5, 5.41) is 11.6. The second-order valence-electron chi connectivity index (χ2n) is 6.32. The van der Waals surface area contributed by atoms with E-state index in [9.17, 15) is 24.3 Å². The molecule has 2 unspecified atom stereocenters. The van der Waals surface area contributed by atoms with Gasteiger partial charge in [0.25, 0.3) is 5.91 Å². The molecule has 28 heavy (non-hydrogen) atoms. The molecule has 0 bridgehead atoms. The Morgan fingerprint density at radius 1 is 1.50 bits per heavy atom. The lowest BCUT2D eigenvalue weighted by Gasteiger charge is -2.49. The number of carbonyl (C=O) groups is 4. The molecule has 3 heterocycles. The van der Waals surface area contributed by atoms with Gasteiger partial charge in [-0.1, -0.05) is 0 Å². The monoisotopic (exact) mass is 409 g/mol. The van der Waals surface area contributed by atoms with Crippen LogP contribution in [-0.4, -0.2) is 57.5 Å². The van der Waals surface area contributed by atoms with Crippen molar-refractivity contribution in [2.75, 3.05) is 12.4 Å². The van der Waals surface area contributed by atoms with Crippen LogP contribution in [0.4, 0.5) is 0 Å². The van der Waals surface area contributed by atoms with Gasteiger partial charge in [0.05, 0.1) is 12.3 Å². The van der Waals surface area contributed by atoms with Gasteiger partial charge in [0.1, 0.15) is 29.5 Å². The molecule has 3 rings (SSSR count). The number of aliphatic carboxylic acids is 1. The molecule has 11 heteroatoms. The first-order chi connectivity index (χ1) is 13.3.